The summed E-state index contributed by atoms with van der Waals surface area (Å²) < 4.78 is 5.41. The Morgan fingerprint density at radius 3 is 2.72 bits per heavy atom. The molecular formula is C12H19NO4S. The molecule has 0 aliphatic carbocycles. The molecule has 0 radical (unpaired) electrons. The van der Waals surface area contributed by atoms with Gasteiger partial charge in [-0.3, -0.25) is 4.79 Å². The van der Waals surface area contributed by atoms with E-state index in [0.29, 0.717) is 18.8 Å². The summed E-state index contributed by atoms with van der Waals surface area (Å²) in [7, 11) is 0. The molecular weight excluding hydrogens is 254 g/mol. The number of amides is 1. The summed E-state index contributed by atoms with van der Waals surface area (Å²) in [6, 6.07) is -0.677. The summed E-state index contributed by atoms with van der Waals surface area (Å²) in [4.78, 5) is 25.2. The van der Waals surface area contributed by atoms with E-state index in [0.717, 1.165) is 6.42 Å². The van der Waals surface area contributed by atoms with E-state index in [9.17, 15) is 14.7 Å². The number of carboxylic acids is 1. The van der Waals surface area contributed by atoms with Gasteiger partial charge in [-0.25, -0.2) is 4.79 Å². The summed E-state index contributed by atoms with van der Waals surface area (Å²) >= 11 is 1.56. The highest BCUT2D eigenvalue weighted by molar-refractivity contribution is 8.00. The maximum atomic E-state index is 12.4. The first-order chi connectivity index (χ1) is 8.54. The smallest absolute Gasteiger partial charge is 0.327 e. The van der Waals surface area contributed by atoms with Gasteiger partial charge in [-0.05, 0) is 19.8 Å². The molecule has 0 aromatic carbocycles. The highest BCUT2D eigenvalue weighted by Gasteiger charge is 2.44. The van der Waals surface area contributed by atoms with Crippen molar-refractivity contribution in [1.29, 1.82) is 0 Å². The third kappa shape index (κ3) is 2.49. The quantitative estimate of drug-likeness (QED) is 0.836. The van der Waals surface area contributed by atoms with Gasteiger partial charge in [0.1, 0.15) is 6.04 Å². The largest absolute Gasteiger partial charge is 0.480 e. The molecule has 1 amide bonds. The van der Waals surface area contributed by atoms with Crippen LogP contribution in [0, 0.1) is 5.92 Å². The van der Waals surface area contributed by atoms with Gasteiger partial charge >= 0.3 is 5.97 Å². The van der Waals surface area contributed by atoms with Gasteiger partial charge in [0.2, 0.25) is 5.91 Å². The van der Waals surface area contributed by atoms with Crippen molar-refractivity contribution in [2.75, 3.05) is 12.4 Å². The fourth-order valence-electron chi connectivity index (χ4n) is 2.56. The summed E-state index contributed by atoms with van der Waals surface area (Å²) in [5.74, 6) is -0.639. The Bertz CT molecular complexity index is 349. The average Bonchev–Trinajstić information content (AvgIpc) is 2.93. The number of carbonyl (C=O) groups is 2. The molecule has 2 heterocycles. The van der Waals surface area contributed by atoms with Crippen LogP contribution in [0.5, 0.6) is 0 Å². The second-order valence-electron chi connectivity index (χ2n) is 4.87. The van der Waals surface area contributed by atoms with E-state index in [1.54, 1.807) is 16.7 Å². The third-order valence-electron chi connectivity index (χ3n) is 3.53. The van der Waals surface area contributed by atoms with E-state index in [-0.39, 0.29) is 23.3 Å². The summed E-state index contributed by atoms with van der Waals surface area (Å²) in [5, 5.41) is 9.20. The Labute approximate surface area is 111 Å². The van der Waals surface area contributed by atoms with Crippen LogP contribution in [-0.4, -0.2) is 51.8 Å². The number of carbonyl (C=O) groups excluding carboxylic acids is 1. The lowest BCUT2D eigenvalue weighted by Gasteiger charge is -2.28. The number of aliphatic carboxylic acids is 1. The molecule has 6 heteroatoms. The van der Waals surface area contributed by atoms with E-state index < -0.39 is 12.0 Å². The van der Waals surface area contributed by atoms with Crippen LogP contribution in [0.4, 0.5) is 0 Å². The van der Waals surface area contributed by atoms with Crippen molar-refractivity contribution in [3.05, 3.63) is 0 Å². The van der Waals surface area contributed by atoms with Crippen molar-refractivity contribution in [2.24, 2.45) is 5.92 Å². The molecule has 0 bridgehead atoms. The molecule has 0 aromatic rings. The molecule has 2 rings (SSSR count). The molecule has 0 spiro atoms. The standard InChI is InChI=1S/C12H19NO4S/c1-3-10-13(9(6-18-10)12(15)16)11(14)8-4-7(2)17-5-8/h7-10H,3-6H2,1-2H3,(H,15,16). The number of hydrogen-bond acceptors (Lipinski definition) is 4. The molecule has 2 aliphatic rings. The summed E-state index contributed by atoms with van der Waals surface area (Å²) in [6.07, 6.45) is 1.57. The minimum atomic E-state index is -0.904. The van der Waals surface area contributed by atoms with E-state index in [4.69, 9.17) is 4.74 Å². The highest BCUT2D eigenvalue weighted by Crippen LogP contribution is 2.34. The molecule has 0 aromatic heterocycles. The van der Waals surface area contributed by atoms with Crippen molar-refractivity contribution in [2.45, 2.75) is 44.2 Å². The van der Waals surface area contributed by atoms with E-state index in [2.05, 4.69) is 0 Å². The first-order valence-electron chi connectivity index (χ1n) is 6.32. The number of rotatable bonds is 3. The van der Waals surface area contributed by atoms with Gasteiger partial charge in [0.15, 0.2) is 0 Å². The topological polar surface area (TPSA) is 66.8 Å². The van der Waals surface area contributed by atoms with Crippen LogP contribution in [0.25, 0.3) is 0 Å². The van der Waals surface area contributed by atoms with Crippen molar-refractivity contribution in [1.82, 2.24) is 4.90 Å². The van der Waals surface area contributed by atoms with Gasteiger partial charge in [-0.1, -0.05) is 6.92 Å². The zero-order valence-electron chi connectivity index (χ0n) is 10.7. The van der Waals surface area contributed by atoms with Gasteiger partial charge in [-0.2, -0.15) is 0 Å². The van der Waals surface area contributed by atoms with Crippen molar-refractivity contribution in [3.63, 3.8) is 0 Å². The van der Waals surface area contributed by atoms with E-state index in [1.165, 1.54) is 0 Å². The number of carboxylic acid groups (broad SMARTS) is 1. The Kier molecular flexibility index (Phi) is 4.17. The second kappa shape index (κ2) is 5.48. The van der Waals surface area contributed by atoms with Crippen molar-refractivity contribution < 1.29 is 19.4 Å². The van der Waals surface area contributed by atoms with Gasteiger partial charge in [0.05, 0.1) is 24.0 Å². The maximum Gasteiger partial charge on any atom is 0.327 e. The Hall–Kier alpha value is -0.750. The Morgan fingerprint density at radius 2 is 2.22 bits per heavy atom. The van der Waals surface area contributed by atoms with E-state index >= 15 is 0 Å². The lowest BCUT2D eigenvalue weighted by molar-refractivity contribution is -0.151. The number of hydrogen-bond donors (Lipinski definition) is 1. The van der Waals surface area contributed by atoms with Gasteiger partial charge in [0, 0.05) is 5.75 Å². The summed E-state index contributed by atoms with van der Waals surface area (Å²) in [5.41, 5.74) is 0. The average molecular weight is 273 g/mol. The van der Waals surface area contributed by atoms with Crippen LogP contribution in [0.1, 0.15) is 26.7 Å². The van der Waals surface area contributed by atoms with Crippen molar-refractivity contribution >= 4 is 23.6 Å². The predicted octanol–water partition coefficient (Wildman–Crippen LogP) is 1.18. The molecule has 0 saturated carbocycles. The Balaban J connectivity index is 2.11. The van der Waals surface area contributed by atoms with Crippen molar-refractivity contribution in [3.8, 4) is 0 Å². The van der Waals surface area contributed by atoms with Gasteiger partial charge in [0.25, 0.3) is 0 Å². The fraction of sp³-hybridized carbons (Fsp3) is 0.833. The van der Waals surface area contributed by atoms with Crippen LogP contribution in [-0.2, 0) is 14.3 Å². The molecule has 102 valence electrons. The number of nitrogens with zero attached hydrogens (tertiary/aromatic N) is 1. The van der Waals surface area contributed by atoms with Gasteiger partial charge < -0.3 is 14.7 Å². The zero-order chi connectivity index (χ0) is 13.3. The normalized spacial score (nSPS) is 36.0. The lowest BCUT2D eigenvalue weighted by atomic mass is 10.0. The second-order valence-corrected chi connectivity index (χ2v) is 6.08. The molecule has 2 saturated heterocycles. The first kappa shape index (κ1) is 13.7. The Morgan fingerprint density at radius 1 is 1.50 bits per heavy atom. The van der Waals surface area contributed by atoms with Gasteiger partial charge in [-0.15, -0.1) is 11.8 Å². The minimum Gasteiger partial charge on any atom is -0.480 e. The van der Waals surface area contributed by atoms with Crippen LogP contribution in [0.2, 0.25) is 0 Å². The molecule has 2 aliphatic heterocycles. The number of thioether (sulfide) groups is 1. The molecule has 4 atom stereocenters. The molecule has 4 unspecified atom stereocenters. The molecule has 2 fully saturated rings. The zero-order valence-corrected chi connectivity index (χ0v) is 11.5. The lowest BCUT2D eigenvalue weighted by Crippen LogP contribution is -2.48. The predicted molar refractivity (Wildman–Crippen MR) is 68.3 cm³/mol. The third-order valence-corrected chi connectivity index (χ3v) is 4.98. The van der Waals surface area contributed by atoms with E-state index in [1.807, 2.05) is 13.8 Å². The first-order valence-corrected chi connectivity index (χ1v) is 7.37. The monoisotopic (exact) mass is 273 g/mol. The SMILES string of the molecule is CCC1SCC(C(=O)O)N1C(=O)C1COC(C)C1. The molecule has 5 nitrogen and oxygen atoms in total. The van der Waals surface area contributed by atoms with Crippen LogP contribution >= 0.6 is 11.8 Å². The summed E-state index contributed by atoms with van der Waals surface area (Å²) in [6.45, 7) is 4.35. The minimum absolute atomic E-state index is 0.00509. The van der Waals surface area contributed by atoms with Crippen LogP contribution < -0.4 is 0 Å². The number of ether oxygens (including phenoxy) is 1. The maximum absolute atomic E-state index is 12.4. The highest BCUT2D eigenvalue weighted by atomic mass is 32.2. The van der Waals surface area contributed by atoms with Crippen LogP contribution in [0.3, 0.4) is 0 Å². The molecule has 18 heavy (non-hydrogen) atoms. The molecule has 1 N–H and O–H groups in total. The fourth-order valence-corrected chi connectivity index (χ4v) is 3.92. The van der Waals surface area contributed by atoms with Crippen LogP contribution in [0.15, 0.2) is 0 Å².